The number of hydrogen-bond donors (Lipinski definition) is 2. The molecule has 7 nitrogen and oxygen atoms in total. The average Bonchev–Trinajstić information content (AvgIpc) is 2.73. The fourth-order valence-electron chi connectivity index (χ4n) is 3.48. The van der Waals surface area contributed by atoms with Crippen molar-refractivity contribution in [1.29, 1.82) is 0 Å². The van der Waals surface area contributed by atoms with Crippen molar-refractivity contribution in [3.05, 3.63) is 36.2 Å². The Morgan fingerprint density at radius 3 is 2.21 bits per heavy atom. The molecule has 0 aliphatic heterocycles. The highest BCUT2D eigenvalue weighted by Gasteiger charge is 2.17. The van der Waals surface area contributed by atoms with E-state index in [0.717, 1.165) is 18.5 Å². The zero-order chi connectivity index (χ0) is 19.9. The molecule has 0 unspecified atom stereocenters. The SMILES string of the molecule is COc1cc(NC(=O)c2cncc(NC3CCCCC3)c2)cc(OC)c1OC. The molecule has 0 bridgehead atoms. The standard InChI is InChI=1S/C21H27N3O4/c1-26-18-10-16(11-19(27-2)20(18)28-3)24-21(25)14-9-17(13-22-12-14)23-15-7-5-4-6-8-15/h9-13,15,23H,4-8H2,1-3H3,(H,24,25). The molecular formula is C21H27N3O4. The highest BCUT2D eigenvalue weighted by atomic mass is 16.5. The van der Waals surface area contributed by atoms with Crippen LogP contribution in [0.3, 0.4) is 0 Å². The van der Waals surface area contributed by atoms with Crippen molar-refractivity contribution in [1.82, 2.24) is 4.98 Å². The van der Waals surface area contributed by atoms with Gasteiger partial charge >= 0.3 is 0 Å². The lowest BCUT2D eigenvalue weighted by Crippen LogP contribution is -2.22. The number of carbonyl (C=O) groups excluding carboxylic acids is 1. The van der Waals surface area contributed by atoms with Crippen LogP contribution in [0.15, 0.2) is 30.6 Å². The molecule has 1 fully saturated rings. The summed E-state index contributed by atoms with van der Waals surface area (Å²) in [5, 5.41) is 6.36. The number of rotatable bonds is 7. The van der Waals surface area contributed by atoms with Crippen molar-refractivity contribution in [2.75, 3.05) is 32.0 Å². The number of nitrogens with one attached hydrogen (secondary N) is 2. The minimum atomic E-state index is -0.255. The molecule has 1 aromatic carbocycles. The van der Waals surface area contributed by atoms with E-state index in [1.54, 1.807) is 24.5 Å². The van der Waals surface area contributed by atoms with Gasteiger partial charge in [0.05, 0.1) is 32.6 Å². The summed E-state index contributed by atoms with van der Waals surface area (Å²) >= 11 is 0. The zero-order valence-corrected chi connectivity index (χ0v) is 16.6. The maximum atomic E-state index is 12.7. The van der Waals surface area contributed by atoms with Crippen molar-refractivity contribution < 1.29 is 19.0 Å². The van der Waals surface area contributed by atoms with Crippen molar-refractivity contribution in [3.63, 3.8) is 0 Å². The largest absolute Gasteiger partial charge is 0.493 e. The van der Waals surface area contributed by atoms with E-state index < -0.39 is 0 Å². The van der Waals surface area contributed by atoms with Crippen molar-refractivity contribution >= 4 is 17.3 Å². The molecule has 1 heterocycles. The Morgan fingerprint density at radius 1 is 0.929 bits per heavy atom. The summed E-state index contributed by atoms with van der Waals surface area (Å²) in [6, 6.07) is 5.66. The van der Waals surface area contributed by atoms with Crippen molar-refractivity contribution in [2.24, 2.45) is 0 Å². The topological polar surface area (TPSA) is 81.7 Å². The van der Waals surface area contributed by atoms with Gasteiger partial charge in [-0.15, -0.1) is 0 Å². The van der Waals surface area contributed by atoms with E-state index in [9.17, 15) is 4.79 Å². The maximum Gasteiger partial charge on any atom is 0.257 e. The minimum absolute atomic E-state index is 0.255. The summed E-state index contributed by atoms with van der Waals surface area (Å²) in [6.07, 6.45) is 9.40. The normalized spacial score (nSPS) is 14.2. The number of aromatic nitrogens is 1. The Hall–Kier alpha value is -2.96. The lowest BCUT2D eigenvalue weighted by Gasteiger charge is -2.23. The molecule has 0 radical (unpaired) electrons. The van der Waals surface area contributed by atoms with Gasteiger partial charge in [-0.1, -0.05) is 19.3 Å². The first kappa shape index (κ1) is 19.8. The first-order valence-corrected chi connectivity index (χ1v) is 9.47. The summed E-state index contributed by atoms with van der Waals surface area (Å²) in [5.74, 6) is 1.17. The van der Waals surface area contributed by atoms with E-state index in [1.165, 1.54) is 40.6 Å². The van der Waals surface area contributed by atoms with Gasteiger partial charge in [0.25, 0.3) is 5.91 Å². The molecule has 1 aliphatic carbocycles. The van der Waals surface area contributed by atoms with Crippen LogP contribution in [0.5, 0.6) is 17.2 Å². The lowest BCUT2D eigenvalue weighted by atomic mass is 9.95. The highest BCUT2D eigenvalue weighted by molar-refractivity contribution is 6.04. The number of carbonyl (C=O) groups is 1. The molecule has 2 aromatic rings. The first-order valence-electron chi connectivity index (χ1n) is 9.47. The Labute approximate surface area is 165 Å². The van der Waals surface area contributed by atoms with Crippen LogP contribution in [0, 0.1) is 0 Å². The number of methoxy groups -OCH3 is 3. The second-order valence-corrected chi connectivity index (χ2v) is 6.81. The summed E-state index contributed by atoms with van der Waals surface area (Å²) in [7, 11) is 4.61. The van der Waals surface area contributed by atoms with E-state index >= 15 is 0 Å². The number of hydrogen-bond acceptors (Lipinski definition) is 6. The van der Waals surface area contributed by atoms with Gasteiger partial charge in [0.1, 0.15) is 0 Å². The van der Waals surface area contributed by atoms with Crippen LogP contribution in [0.1, 0.15) is 42.5 Å². The third-order valence-corrected chi connectivity index (χ3v) is 4.90. The maximum absolute atomic E-state index is 12.7. The Kier molecular flexibility index (Phi) is 6.57. The van der Waals surface area contributed by atoms with Gasteiger partial charge in [-0.25, -0.2) is 0 Å². The second-order valence-electron chi connectivity index (χ2n) is 6.81. The zero-order valence-electron chi connectivity index (χ0n) is 16.6. The van der Waals surface area contributed by atoms with Gasteiger partial charge in [0.15, 0.2) is 11.5 Å². The molecular weight excluding hydrogens is 358 g/mol. The summed E-state index contributed by atoms with van der Waals surface area (Å²) < 4.78 is 16.0. The molecule has 7 heteroatoms. The summed E-state index contributed by atoms with van der Waals surface area (Å²) in [6.45, 7) is 0. The van der Waals surface area contributed by atoms with Crippen LogP contribution >= 0.6 is 0 Å². The van der Waals surface area contributed by atoms with Crippen LogP contribution in [-0.2, 0) is 0 Å². The van der Waals surface area contributed by atoms with Crippen LogP contribution < -0.4 is 24.8 Å². The van der Waals surface area contributed by atoms with Gasteiger partial charge in [-0.3, -0.25) is 9.78 Å². The van der Waals surface area contributed by atoms with Gasteiger partial charge in [0.2, 0.25) is 5.75 Å². The van der Waals surface area contributed by atoms with Crippen molar-refractivity contribution in [3.8, 4) is 17.2 Å². The quantitative estimate of drug-likeness (QED) is 0.747. The third-order valence-electron chi connectivity index (χ3n) is 4.90. The molecule has 3 rings (SSSR count). The van der Waals surface area contributed by atoms with Crippen LogP contribution in [0.2, 0.25) is 0 Å². The number of amides is 1. The molecule has 1 aromatic heterocycles. The van der Waals surface area contributed by atoms with Crippen LogP contribution in [0.25, 0.3) is 0 Å². The van der Waals surface area contributed by atoms with Gasteiger partial charge in [0, 0.05) is 36.3 Å². The average molecular weight is 385 g/mol. The van der Waals surface area contributed by atoms with E-state index in [-0.39, 0.29) is 5.91 Å². The fourth-order valence-corrected chi connectivity index (χ4v) is 3.48. The number of benzene rings is 1. The minimum Gasteiger partial charge on any atom is -0.493 e. The van der Waals surface area contributed by atoms with Crippen molar-refractivity contribution in [2.45, 2.75) is 38.1 Å². The van der Waals surface area contributed by atoms with Gasteiger partial charge in [-0.2, -0.15) is 0 Å². The Bertz CT molecular complexity index is 794. The molecule has 2 N–H and O–H groups in total. The Morgan fingerprint density at radius 2 is 1.61 bits per heavy atom. The number of nitrogens with zero attached hydrogens (tertiary/aromatic N) is 1. The number of anilines is 2. The number of ether oxygens (including phenoxy) is 3. The van der Waals surface area contributed by atoms with Gasteiger partial charge in [-0.05, 0) is 18.9 Å². The van der Waals surface area contributed by atoms with E-state index in [0.29, 0.717) is 34.5 Å². The van der Waals surface area contributed by atoms with E-state index in [4.69, 9.17) is 14.2 Å². The Balaban J connectivity index is 1.75. The van der Waals surface area contributed by atoms with E-state index in [1.807, 2.05) is 6.07 Å². The van der Waals surface area contributed by atoms with Crippen LogP contribution in [-0.4, -0.2) is 38.3 Å². The van der Waals surface area contributed by atoms with E-state index in [2.05, 4.69) is 15.6 Å². The smallest absolute Gasteiger partial charge is 0.257 e. The number of pyridine rings is 1. The molecule has 0 atom stereocenters. The second kappa shape index (κ2) is 9.30. The summed E-state index contributed by atoms with van der Waals surface area (Å²) in [5.41, 5.74) is 1.89. The molecule has 0 saturated heterocycles. The predicted molar refractivity (Wildman–Crippen MR) is 109 cm³/mol. The predicted octanol–water partition coefficient (Wildman–Crippen LogP) is 4.10. The van der Waals surface area contributed by atoms with Crippen LogP contribution in [0.4, 0.5) is 11.4 Å². The molecule has 1 saturated carbocycles. The first-order chi connectivity index (χ1) is 13.6. The fraction of sp³-hybridized carbons (Fsp3) is 0.429. The molecule has 1 aliphatic rings. The summed E-state index contributed by atoms with van der Waals surface area (Å²) in [4.78, 5) is 16.9. The monoisotopic (exact) mass is 385 g/mol. The lowest BCUT2D eigenvalue weighted by molar-refractivity contribution is 0.102. The van der Waals surface area contributed by atoms with Gasteiger partial charge < -0.3 is 24.8 Å². The third kappa shape index (κ3) is 4.65. The molecule has 28 heavy (non-hydrogen) atoms. The molecule has 0 spiro atoms. The molecule has 150 valence electrons. The highest BCUT2D eigenvalue weighted by Crippen LogP contribution is 2.40. The molecule has 1 amide bonds.